The predicted octanol–water partition coefficient (Wildman–Crippen LogP) is 2.80. The van der Waals surface area contributed by atoms with Gasteiger partial charge in [-0.1, -0.05) is 26.7 Å². The molecular weight excluding hydrogens is 143 g/mol. The maximum absolute atomic E-state index is 12.5. The zero-order chi connectivity index (χ0) is 8.69. The molecule has 0 fully saturated rings. The van der Waals surface area contributed by atoms with E-state index in [9.17, 15) is 4.39 Å². The lowest BCUT2D eigenvalue weighted by atomic mass is 10.1. The van der Waals surface area contributed by atoms with Crippen LogP contribution in [0.15, 0.2) is 11.9 Å². The lowest BCUT2D eigenvalue weighted by Crippen LogP contribution is -2.01. The molecule has 0 radical (unpaired) electrons. The first kappa shape index (κ1) is 10.6. The number of unbranched alkanes of at least 4 members (excludes halogenated alkanes) is 1. The second kappa shape index (κ2) is 6.35. The van der Waals surface area contributed by atoms with Crippen LogP contribution < -0.4 is 0 Å². The Morgan fingerprint density at radius 3 is 2.64 bits per heavy atom. The molecule has 1 unspecified atom stereocenters. The monoisotopic (exact) mass is 160 g/mol. The maximum Gasteiger partial charge on any atom is 0.0982 e. The van der Waals surface area contributed by atoms with Gasteiger partial charge in [-0.15, -0.1) is 0 Å². The minimum Gasteiger partial charge on any atom is -0.389 e. The molecule has 11 heavy (non-hydrogen) atoms. The van der Waals surface area contributed by atoms with Crippen LogP contribution in [0, 0.1) is 0 Å². The van der Waals surface area contributed by atoms with E-state index < -0.39 is 6.10 Å². The van der Waals surface area contributed by atoms with Gasteiger partial charge in [-0.05, 0) is 18.9 Å². The standard InChI is InChI=1S/C9H17FO/c1-3-5-6-9(11)7-8(10)4-2/h7,9,11H,3-6H2,1-2H3/b8-7+. The maximum atomic E-state index is 12.5. The molecule has 0 heterocycles. The van der Waals surface area contributed by atoms with Crippen molar-refractivity contribution in [3.05, 3.63) is 11.9 Å². The molecule has 0 amide bonds. The van der Waals surface area contributed by atoms with Crippen molar-refractivity contribution in [2.24, 2.45) is 0 Å². The average Bonchev–Trinajstić information content (AvgIpc) is 2.00. The number of aliphatic hydroxyl groups excluding tert-OH is 1. The Morgan fingerprint density at radius 2 is 2.18 bits per heavy atom. The van der Waals surface area contributed by atoms with Gasteiger partial charge in [0.15, 0.2) is 0 Å². The Kier molecular flexibility index (Phi) is 6.13. The van der Waals surface area contributed by atoms with E-state index in [4.69, 9.17) is 5.11 Å². The summed E-state index contributed by atoms with van der Waals surface area (Å²) in [6.45, 7) is 3.78. The largest absolute Gasteiger partial charge is 0.389 e. The van der Waals surface area contributed by atoms with E-state index in [1.807, 2.05) is 6.92 Å². The van der Waals surface area contributed by atoms with Crippen LogP contribution in [0.3, 0.4) is 0 Å². The van der Waals surface area contributed by atoms with Gasteiger partial charge in [-0.2, -0.15) is 0 Å². The predicted molar refractivity (Wildman–Crippen MR) is 45.0 cm³/mol. The number of hydrogen-bond donors (Lipinski definition) is 1. The highest BCUT2D eigenvalue weighted by Crippen LogP contribution is 2.07. The molecule has 0 aromatic rings. The molecule has 1 atom stereocenters. The Morgan fingerprint density at radius 1 is 1.55 bits per heavy atom. The number of allylic oxidation sites excluding steroid dienone is 1. The fourth-order valence-corrected chi connectivity index (χ4v) is 0.823. The van der Waals surface area contributed by atoms with E-state index in [-0.39, 0.29) is 5.83 Å². The average molecular weight is 160 g/mol. The lowest BCUT2D eigenvalue weighted by molar-refractivity contribution is 0.206. The van der Waals surface area contributed by atoms with E-state index in [2.05, 4.69) is 0 Å². The highest BCUT2D eigenvalue weighted by atomic mass is 19.1. The van der Waals surface area contributed by atoms with E-state index in [0.29, 0.717) is 12.8 Å². The van der Waals surface area contributed by atoms with E-state index in [1.165, 1.54) is 6.08 Å². The van der Waals surface area contributed by atoms with Crippen molar-refractivity contribution in [3.63, 3.8) is 0 Å². The topological polar surface area (TPSA) is 20.2 Å². The molecule has 0 rings (SSSR count). The molecule has 1 nitrogen and oxygen atoms in total. The van der Waals surface area contributed by atoms with E-state index >= 15 is 0 Å². The first-order valence-electron chi connectivity index (χ1n) is 4.25. The Labute approximate surface area is 67.9 Å². The molecular formula is C9H17FO. The fraction of sp³-hybridized carbons (Fsp3) is 0.778. The summed E-state index contributed by atoms with van der Waals surface area (Å²) in [7, 11) is 0. The first-order valence-corrected chi connectivity index (χ1v) is 4.25. The van der Waals surface area contributed by atoms with Crippen LogP contribution in [-0.4, -0.2) is 11.2 Å². The number of rotatable bonds is 5. The molecule has 66 valence electrons. The minimum absolute atomic E-state index is 0.214. The molecule has 0 aliphatic rings. The molecule has 0 aromatic heterocycles. The van der Waals surface area contributed by atoms with Gasteiger partial charge in [0.2, 0.25) is 0 Å². The van der Waals surface area contributed by atoms with Crippen LogP contribution in [0.2, 0.25) is 0 Å². The molecule has 0 bridgehead atoms. The fourth-order valence-electron chi connectivity index (χ4n) is 0.823. The smallest absolute Gasteiger partial charge is 0.0982 e. The van der Waals surface area contributed by atoms with Crippen molar-refractivity contribution in [1.29, 1.82) is 0 Å². The van der Waals surface area contributed by atoms with Crippen LogP contribution >= 0.6 is 0 Å². The molecule has 2 heteroatoms. The van der Waals surface area contributed by atoms with Gasteiger partial charge in [-0.25, -0.2) is 4.39 Å². The van der Waals surface area contributed by atoms with Gasteiger partial charge in [-0.3, -0.25) is 0 Å². The summed E-state index contributed by atoms with van der Waals surface area (Å²) in [6, 6.07) is 0. The lowest BCUT2D eigenvalue weighted by Gasteiger charge is -2.03. The van der Waals surface area contributed by atoms with Crippen LogP contribution in [0.5, 0.6) is 0 Å². The summed E-state index contributed by atoms with van der Waals surface area (Å²) >= 11 is 0. The van der Waals surface area contributed by atoms with Crippen LogP contribution in [0.1, 0.15) is 39.5 Å². The molecule has 0 aromatic carbocycles. The summed E-state index contributed by atoms with van der Waals surface area (Å²) in [5, 5.41) is 9.17. The number of aliphatic hydroxyl groups is 1. The first-order chi connectivity index (χ1) is 5.20. The summed E-state index contributed by atoms with van der Waals surface area (Å²) in [5.74, 6) is -0.214. The van der Waals surface area contributed by atoms with Crippen LogP contribution in [0.4, 0.5) is 4.39 Å². The van der Waals surface area contributed by atoms with Crippen molar-refractivity contribution in [1.82, 2.24) is 0 Å². The van der Waals surface area contributed by atoms with Crippen LogP contribution in [-0.2, 0) is 0 Å². The third-order valence-electron chi connectivity index (χ3n) is 1.56. The van der Waals surface area contributed by atoms with E-state index in [1.54, 1.807) is 6.92 Å². The third-order valence-corrected chi connectivity index (χ3v) is 1.56. The number of halogens is 1. The molecule has 0 aliphatic heterocycles. The Bertz CT molecular complexity index is 121. The van der Waals surface area contributed by atoms with Crippen molar-refractivity contribution in [3.8, 4) is 0 Å². The second-order valence-corrected chi connectivity index (χ2v) is 2.68. The highest BCUT2D eigenvalue weighted by Gasteiger charge is 2.00. The highest BCUT2D eigenvalue weighted by molar-refractivity contribution is 4.95. The second-order valence-electron chi connectivity index (χ2n) is 2.68. The van der Waals surface area contributed by atoms with Crippen molar-refractivity contribution >= 4 is 0 Å². The zero-order valence-electron chi connectivity index (χ0n) is 7.31. The molecule has 0 saturated heterocycles. The van der Waals surface area contributed by atoms with Crippen LogP contribution in [0.25, 0.3) is 0 Å². The van der Waals surface area contributed by atoms with E-state index in [0.717, 1.165) is 12.8 Å². The summed E-state index contributed by atoms with van der Waals surface area (Å²) in [6.07, 6.45) is 3.76. The third kappa shape index (κ3) is 6.05. The quantitative estimate of drug-likeness (QED) is 0.655. The van der Waals surface area contributed by atoms with Crippen molar-refractivity contribution in [2.75, 3.05) is 0 Å². The Hall–Kier alpha value is -0.370. The van der Waals surface area contributed by atoms with Gasteiger partial charge in [0.1, 0.15) is 0 Å². The van der Waals surface area contributed by atoms with Gasteiger partial charge >= 0.3 is 0 Å². The SMILES string of the molecule is CCCCC(O)/C=C(/F)CC. The normalized spacial score (nSPS) is 15.1. The molecule has 0 saturated carbocycles. The Balaban J connectivity index is 3.57. The van der Waals surface area contributed by atoms with Crippen molar-refractivity contribution < 1.29 is 9.50 Å². The van der Waals surface area contributed by atoms with Crippen molar-refractivity contribution in [2.45, 2.75) is 45.6 Å². The van der Waals surface area contributed by atoms with Gasteiger partial charge < -0.3 is 5.11 Å². The van der Waals surface area contributed by atoms with Gasteiger partial charge in [0, 0.05) is 0 Å². The number of hydrogen-bond acceptors (Lipinski definition) is 1. The minimum atomic E-state index is -0.588. The van der Waals surface area contributed by atoms with Gasteiger partial charge in [0.25, 0.3) is 0 Å². The summed E-state index contributed by atoms with van der Waals surface area (Å²) in [4.78, 5) is 0. The molecule has 0 spiro atoms. The molecule has 0 aliphatic carbocycles. The molecule has 1 N–H and O–H groups in total. The summed E-state index contributed by atoms with van der Waals surface area (Å²) in [5.41, 5.74) is 0. The summed E-state index contributed by atoms with van der Waals surface area (Å²) < 4.78 is 12.5. The zero-order valence-corrected chi connectivity index (χ0v) is 7.31. The van der Waals surface area contributed by atoms with Gasteiger partial charge in [0.05, 0.1) is 11.9 Å².